The van der Waals surface area contributed by atoms with E-state index in [1.54, 1.807) is 6.92 Å². The molecular formula is C21H30NO5P. The van der Waals surface area contributed by atoms with Gasteiger partial charge >= 0.3 is 7.82 Å². The number of carbonyl (C=O) groups is 1. The summed E-state index contributed by atoms with van der Waals surface area (Å²) < 4.78 is 16.2. The van der Waals surface area contributed by atoms with Gasteiger partial charge in [-0.05, 0) is 35.7 Å². The molecule has 3 N–H and O–H groups in total. The van der Waals surface area contributed by atoms with Crippen LogP contribution in [0.15, 0.2) is 42.5 Å². The summed E-state index contributed by atoms with van der Waals surface area (Å²) in [6, 6.07) is 12.9. The van der Waals surface area contributed by atoms with Crippen molar-refractivity contribution >= 4 is 24.5 Å². The smallest absolute Gasteiger partial charge is 0.347 e. The van der Waals surface area contributed by atoms with Crippen molar-refractivity contribution in [3.63, 3.8) is 0 Å². The fourth-order valence-electron chi connectivity index (χ4n) is 3.29. The predicted octanol–water partition coefficient (Wildman–Crippen LogP) is 4.86. The van der Waals surface area contributed by atoms with Gasteiger partial charge in [0.05, 0.1) is 12.1 Å². The number of hydrogen-bond donors (Lipinski definition) is 3. The number of phosphoric acid groups is 1. The van der Waals surface area contributed by atoms with Gasteiger partial charge in [-0.15, -0.1) is 0 Å². The molecule has 7 heteroatoms. The molecule has 0 aliphatic carbocycles. The van der Waals surface area contributed by atoms with Gasteiger partial charge in [-0.1, -0.05) is 69.0 Å². The van der Waals surface area contributed by atoms with E-state index in [2.05, 4.69) is 12.2 Å². The Labute approximate surface area is 166 Å². The minimum Gasteiger partial charge on any atom is -0.347 e. The van der Waals surface area contributed by atoms with Crippen molar-refractivity contribution in [1.82, 2.24) is 5.32 Å². The van der Waals surface area contributed by atoms with E-state index >= 15 is 0 Å². The van der Waals surface area contributed by atoms with Crippen molar-refractivity contribution in [2.75, 3.05) is 0 Å². The zero-order valence-electron chi connectivity index (χ0n) is 16.5. The van der Waals surface area contributed by atoms with Crippen LogP contribution in [-0.2, 0) is 13.9 Å². The lowest BCUT2D eigenvalue weighted by molar-refractivity contribution is -0.122. The SMILES string of the molecule is CCCCCCCC(=O)NC(c1ccc2ccccc2c1)C(C)OP(=O)(O)O. The molecule has 1 amide bonds. The van der Waals surface area contributed by atoms with Crippen LogP contribution in [0, 0.1) is 0 Å². The molecule has 0 saturated carbocycles. The van der Waals surface area contributed by atoms with Gasteiger partial charge in [0.2, 0.25) is 5.91 Å². The minimum atomic E-state index is -4.67. The molecule has 154 valence electrons. The summed E-state index contributed by atoms with van der Waals surface area (Å²) >= 11 is 0. The lowest BCUT2D eigenvalue weighted by Gasteiger charge is -2.26. The van der Waals surface area contributed by atoms with Gasteiger partial charge in [0.25, 0.3) is 0 Å². The fraction of sp³-hybridized carbons (Fsp3) is 0.476. The standard InChI is InChI=1S/C21H30NO5P/c1-3-4-5-6-7-12-20(23)22-21(16(2)27-28(24,25)26)19-14-13-17-10-8-9-11-18(17)15-19/h8-11,13-16,21H,3-7,12H2,1-2H3,(H,22,23)(H2,24,25,26). The van der Waals surface area contributed by atoms with Crippen molar-refractivity contribution in [3.05, 3.63) is 48.0 Å². The molecule has 6 nitrogen and oxygen atoms in total. The number of nitrogens with one attached hydrogen (secondary N) is 1. The van der Waals surface area contributed by atoms with Crippen molar-refractivity contribution in [3.8, 4) is 0 Å². The van der Waals surface area contributed by atoms with E-state index in [0.29, 0.717) is 6.42 Å². The number of phosphoric ester groups is 1. The van der Waals surface area contributed by atoms with E-state index in [1.807, 2.05) is 42.5 Å². The number of benzene rings is 2. The number of amides is 1. The van der Waals surface area contributed by atoms with E-state index < -0.39 is 20.0 Å². The minimum absolute atomic E-state index is 0.143. The predicted molar refractivity (Wildman–Crippen MR) is 111 cm³/mol. The van der Waals surface area contributed by atoms with E-state index in [1.165, 1.54) is 0 Å². The Hall–Kier alpha value is -1.72. The summed E-state index contributed by atoms with van der Waals surface area (Å²) in [6.07, 6.45) is 4.71. The molecule has 0 fully saturated rings. The zero-order valence-corrected chi connectivity index (χ0v) is 17.4. The molecule has 2 aromatic rings. The van der Waals surface area contributed by atoms with Gasteiger partial charge in [0.1, 0.15) is 0 Å². The highest BCUT2D eigenvalue weighted by Gasteiger charge is 2.28. The van der Waals surface area contributed by atoms with Gasteiger partial charge in [-0.25, -0.2) is 4.57 Å². The molecule has 0 aliphatic rings. The maximum atomic E-state index is 12.4. The van der Waals surface area contributed by atoms with Crippen LogP contribution in [0.4, 0.5) is 0 Å². The molecule has 0 aromatic heterocycles. The molecule has 2 aromatic carbocycles. The van der Waals surface area contributed by atoms with Gasteiger partial charge in [-0.2, -0.15) is 0 Å². The average Bonchev–Trinajstić information content (AvgIpc) is 2.64. The van der Waals surface area contributed by atoms with E-state index in [9.17, 15) is 19.1 Å². The van der Waals surface area contributed by atoms with Gasteiger partial charge < -0.3 is 15.1 Å². The summed E-state index contributed by atoms with van der Waals surface area (Å²) in [7, 11) is -4.67. The van der Waals surface area contributed by atoms with Gasteiger partial charge in [0, 0.05) is 6.42 Å². The topological polar surface area (TPSA) is 95.9 Å². The Balaban J connectivity index is 2.14. The van der Waals surface area contributed by atoms with Crippen LogP contribution in [0.1, 0.15) is 64.0 Å². The molecule has 0 saturated heterocycles. The average molecular weight is 407 g/mol. The fourth-order valence-corrected chi connectivity index (χ4v) is 3.84. The van der Waals surface area contributed by atoms with Crippen molar-refractivity contribution in [1.29, 1.82) is 0 Å². The van der Waals surface area contributed by atoms with Crippen LogP contribution in [0.2, 0.25) is 0 Å². The van der Waals surface area contributed by atoms with E-state index in [0.717, 1.165) is 48.4 Å². The molecule has 2 unspecified atom stereocenters. The highest BCUT2D eigenvalue weighted by Crippen LogP contribution is 2.40. The summed E-state index contributed by atoms with van der Waals surface area (Å²) in [4.78, 5) is 30.8. The Bertz CT molecular complexity index is 819. The molecule has 0 aliphatic heterocycles. The highest BCUT2D eigenvalue weighted by molar-refractivity contribution is 7.46. The summed E-state index contributed by atoms with van der Waals surface area (Å²) in [6.45, 7) is 3.70. The maximum Gasteiger partial charge on any atom is 0.469 e. The van der Waals surface area contributed by atoms with Gasteiger partial charge in [0.15, 0.2) is 0 Å². The number of unbranched alkanes of at least 4 members (excludes halogenated alkanes) is 4. The first-order valence-corrected chi connectivity index (χ1v) is 11.3. The number of fused-ring (bicyclic) bond motifs is 1. The van der Waals surface area contributed by atoms with Crippen LogP contribution in [-0.4, -0.2) is 21.8 Å². The lowest BCUT2D eigenvalue weighted by Crippen LogP contribution is -2.35. The quantitative estimate of drug-likeness (QED) is 0.365. The Morgan fingerprint density at radius 2 is 1.75 bits per heavy atom. The van der Waals surface area contributed by atoms with Crippen LogP contribution in [0.3, 0.4) is 0 Å². The second-order valence-electron chi connectivity index (χ2n) is 7.12. The number of rotatable bonds is 11. The second-order valence-corrected chi connectivity index (χ2v) is 8.31. The lowest BCUT2D eigenvalue weighted by atomic mass is 9.98. The number of carbonyl (C=O) groups excluding carboxylic acids is 1. The molecule has 0 spiro atoms. The van der Waals surface area contributed by atoms with Crippen molar-refractivity contribution in [2.45, 2.75) is 64.5 Å². The third kappa shape index (κ3) is 7.36. The molecule has 2 atom stereocenters. The van der Waals surface area contributed by atoms with Gasteiger partial charge in [-0.3, -0.25) is 9.32 Å². The van der Waals surface area contributed by atoms with Crippen molar-refractivity contribution < 1.29 is 23.7 Å². The zero-order chi connectivity index (χ0) is 20.6. The number of hydrogen-bond acceptors (Lipinski definition) is 3. The summed E-state index contributed by atoms with van der Waals surface area (Å²) in [5.41, 5.74) is 0.749. The van der Waals surface area contributed by atoms with Crippen LogP contribution < -0.4 is 5.32 Å². The largest absolute Gasteiger partial charge is 0.469 e. The van der Waals surface area contributed by atoms with Crippen molar-refractivity contribution in [2.24, 2.45) is 0 Å². The van der Waals surface area contributed by atoms with Crippen LogP contribution >= 0.6 is 7.82 Å². The maximum absolute atomic E-state index is 12.4. The second kappa shape index (κ2) is 10.7. The molecule has 0 heterocycles. The molecule has 0 radical (unpaired) electrons. The molecule has 28 heavy (non-hydrogen) atoms. The molecular weight excluding hydrogens is 377 g/mol. The van der Waals surface area contributed by atoms with E-state index in [4.69, 9.17) is 4.52 Å². The van der Waals surface area contributed by atoms with Crippen LogP contribution in [0.5, 0.6) is 0 Å². The Morgan fingerprint density at radius 3 is 2.43 bits per heavy atom. The third-order valence-electron chi connectivity index (χ3n) is 4.73. The van der Waals surface area contributed by atoms with Crippen LogP contribution in [0.25, 0.3) is 10.8 Å². The molecule has 2 rings (SSSR count). The normalized spacial score (nSPS) is 14.0. The molecule has 0 bridgehead atoms. The first kappa shape index (κ1) is 22.6. The van der Waals surface area contributed by atoms with E-state index in [-0.39, 0.29) is 5.91 Å². The summed E-state index contributed by atoms with van der Waals surface area (Å²) in [5.74, 6) is -0.143. The third-order valence-corrected chi connectivity index (χ3v) is 5.34. The monoisotopic (exact) mass is 407 g/mol. The Kier molecular flexibility index (Phi) is 8.64. The first-order valence-electron chi connectivity index (χ1n) is 9.82. The Morgan fingerprint density at radius 1 is 1.07 bits per heavy atom. The highest BCUT2D eigenvalue weighted by atomic mass is 31.2. The first-order chi connectivity index (χ1) is 13.3. The summed E-state index contributed by atoms with van der Waals surface area (Å²) in [5, 5.41) is 4.94.